The van der Waals surface area contributed by atoms with Crippen molar-refractivity contribution < 1.29 is 0 Å². The first-order valence-electron chi connectivity index (χ1n) is 4.77. The van der Waals surface area contributed by atoms with E-state index < -0.39 is 0 Å². The number of rotatable bonds is 3. The third-order valence-electron chi connectivity index (χ3n) is 2.06. The zero-order valence-electron chi connectivity index (χ0n) is 8.19. The summed E-state index contributed by atoms with van der Waals surface area (Å²) < 4.78 is 0. The van der Waals surface area contributed by atoms with Crippen molar-refractivity contribution in [3.05, 3.63) is 65.2 Å². The molecule has 15 heavy (non-hydrogen) atoms. The number of benzene rings is 2. The second-order valence-electron chi connectivity index (χ2n) is 3.23. The van der Waals surface area contributed by atoms with Gasteiger partial charge in [-0.3, -0.25) is 0 Å². The molecule has 0 aliphatic rings. The number of hydrogen-bond acceptors (Lipinski definition) is 1. The van der Waals surface area contributed by atoms with E-state index >= 15 is 0 Å². The molecule has 0 aromatic heterocycles. The zero-order valence-corrected chi connectivity index (χ0v) is 9.76. The molecule has 0 fully saturated rings. The summed E-state index contributed by atoms with van der Waals surface area (Å²) in [6.45, 7) is 0. The second kappa shape index (κ2) is 5.24. The first kappa shape index (κ1) is 10.6. The lowest BCUT2D eigenvalue weighted by atomic mass is 10.2. The molecule has 0 N–H and O–H groups in total. The molecular weight excluding hydrogens is 224 g/mol. The van der Waals surface area contributed by atoms with Gasteiger partial charge in [-0.1, -0.05) is 41.9 Å². The van der Waals surface area contributed by atoms with Crippen LogP contribution in [0.4, 0.5) is 0 Å². The number of halogens is 1. The highest BCUT2D eigenvalue weighted by atomic mass is 35.5. The largest absolute Gasteiger partial charge is 0.121 e. The summed E-state index contributed by atoms with van der Waals surface area (Å²) in [6, 6.07) is 18.4. The average Bonchev–Trinajstić information content (AvgIpc) is 2.30. The SMILES string of the molecule is Clc1ccc(CSc2ccccc2)cc1. The van der Waals surface area contributed by atoms with Crippen LogP contribution >= 0.6 is 23.4 Å². The van der Waals surface area contributed by atoms with Crippen molar-refractivity contribution >= 4 is 23.4 Å². The van der Waals surface area contributed by atoms with Crippen molar-refractivity contribution in [1.29, 1.82) is 0 Å². The summed E-state index contributed by atoms with van der Waals surface area (Å²) in [5.74, 6) is 0.987. The Balaban J connectivity index is 1.96. The standard InChI is InChI=1S/C13H11ClS/c14-12-8-6-11(7-9-12)10-15-13-4-2-1-3-5-13/h1-9H,10H2. The van der Waals surface area contributed by atoms with E-state index in [2.05, 4.69) is 36.4 Å². The van der Waals surface area contributed by atoms with Gasteiger partial charge in [-0.05, 0) is 29.8 Å². The van der Waals surface area contributed by atoms with Gasteiger partial charge in [-0.25, -0.2) is 0 Å². The first-order chi connectivity index (χ1) is 7.34. The fourth-order valence-corrected chi connectivity index (χ4v) is 2.27. The molecule has 0 aliphatic heterocycles. The molecule has 2 aromatic rings. The zero-order chi connectivity index (χ0) is 10.5. The first-order valence-corrected chi connectivity index (χ1v) is 6.13. The van der Waals surface area contributed by atoms with Crippen molar-refractivity contribution in [3.8, 4) is 0 Å². The van der Waals surface area contributed by atoms with Crippen LogP contribution in [0.5, 0.6) is 0 Å². The lowest BCUT2D eigenvalue weighted by Gasteiger charge is -2.01. The fraction of sp³-hybridized carbons (Fsp3) is 0.0769. The molecule has 2 heteroatoms. The molecule has 2 rings (SSSR count). The summed E-state index contributed by atoms with van der Waals surface area (Å²) >= 11 is 7.66. The second-order valence-corrected chi connectivity index (χ2v) is 4.71. The Bertz CT molecular complexity index is 408. The smallest absolute Gasteiger partial charge is 0.0406 e. The maximum Gasteiger partial charge on any atom is 0.0406 e. The van der Waals surface area contributed by atoms with Gasteiger partial charge in [0.05, 0.1) is 0 Å². The van der Waals surface area contributed by atoms with Gasteiger partial charge in [0.2, 0.25) is 0 Å². The summed E-state index contributed by atoms with van der Waals surface area (Å²) in [6.07, 6.45) is 0. The van der Waals surface area contributed by atoms with Crippen LogP contribution in [-0.2, 0) is 5.75 Å². The van der Waals surface area contributed by atoms with Gasteiger partial charge in [0.15, 0.2) is 0 Å². The predicted molar refractivity (Wildman–Crippen MR) is 67.5 cm³/mol. The Labute approximate surface area is 99.3 Å². The van der Waals surface area contributed by atoms with Gasteiger partial charge in [0.1, 0.15) is 0 Å². The Hall–Kier alpha value is -0.920. The van der Waals surface area contributed by atoms with E-state index in [4.69, 9.17) is 11.6 Å². The van der Waals surface area contributed by atoms with E-state index in [1.165, 1.54) is 10.5 Å². The van der Waals surface area contributed by atoms with E-state index in [1.807, 2.05) is 30.0 Å². The highest BCUT2D eigenvalue weighted by Gasteiger charge is 1.95. The minimum atomic E-state index is 0.795. The predicted octanol–water partition coefficient (Wildman–Crippen LogP) is 4.63. The molecule has 0 atom stereocenters. The minimum absolute atomic E-state index is 0.795. The molecule has 0 nitrogen and oxygen atoms in total. The Morgan fingerprint density at radius 3 is 2.20 bits per heavy atom. The highest BCUT2D eigenvalue weighted by Crippen LogP contribution is 2.22. The van der Waals surface area contributed by atoms with Crippen molar-refractivity contribution in [2.24, 2.45) is 0 Å². The minimum Gasteiger partial charge on any atom is -0.121 e. The van der Waals surface area contributed by atoms with Crippen molar-refractivity contribution in [2.45, 2.75) is 10.6 Å². The molecule has 0 amide bonds. The van der Waals surface area contributed by atoms with Crippen LogP contribution in [0.2, 0.25) is 5.02 Å². The van der Waals surface area contributed by atoms with Crippen LogP contribution in [0.1, 0.15) is 5.56 Å². The molecular formula is C13H11ClS. The van der Waals surface area contributed by atoms with E-state index in [0.29, 0.717) is 0 Å². The molecule has 76 valence electrons. The van der Waals surface area contributed by atoms with Crippen LogP contribution < -0.4 is 0 Å². The molecule has 0 bridgehead atoms. The van der Waals surface area contributed by atoms with Gasteiger partial charge < -0.3 is 0 Å². The fourth-order valence-electron chi connectivity index (χ4n) is 1.26. The lowest BCUT2D eigenvalue weighted by molar-refractivity contribution is 1.38. The van der Waals surface area contributed by atoms with Crippen LogP contribution in [-0.4, -0.2) is 0 Å². The average molecular weight is 235 g/mol. The highest BCUT2D eigenvalue weighted by molar-refractivity contribution is 7.98. The monoisotopic (exact) mass is 234 g/mol. The third-order valence-corrected chi connectivity index (χ3v) is 3.40. The van der Waals surface area contributed by atoms with Crippen molar-refractivity contribution in [3.63, 3.8) is 0 Å². The normalized spacial score (nSPS) is 10.2. The van der Waals surface area contributed by atoms with Crippen LogP contribution in [0.15, 0.2) is 59.5 Å². The van der Waals surface area contributed by atoms with Gasteiger partial charge in [0, 0.05) is 15.7 Å². The van der Waals surface area contributed by atoms with Crippen LogP contribution in [0, 0.1) is 0 Å². The molecule has 0 unspecified atom stereocenters. The molecule has 0 saturated heterocycles. The maximum atomic E-state index is 5.82. The summed E-state index contributed by atoms with van der Waals surface area (Å²) in [5.41, 5.74) is 1.30. The molecule has 0 radical (unpaired) electrons. The topological polar surface area (TPSA) is 0 Å². The van der Waals surface area contributed by atoms with Gasteiger partial charge in [0.25, 0.3) is 0 Å². The van der Waals surface area contributed by atoms with Crippen molar-refractivity contribution in [2.75, 3.05) is 0 Å². The number of hydrogen-bond donors (Lipinski definition) is 0. The van der Waals surface area contributed by atoms with Crippen LogP contribution in [0.3, 0.4) is 0 Å². The summed E-state index contributed by atoms with van der Waals surface area (Å²) in [7, 11) is 0. The van der Waals surface area contributed by atoms with Crippen LogP contribution in [0.25, 0.3) is 0 Å². The molecule has 2 aromatic carbocycles. The Kier molecular flexibility index (Phi) is 3.70. The number of thioether (sulfide) groups is 1. The Morgan fingerprint density at radius 1 is 0.867 bits per heavy atom. The van der Waals surface area contributed by atoms with Gasteiger partial charge in [-0.2, -0.15) is 0 Å². The maximum absolute atomic E-state index is 5.82. The molecule has 0 saturated carbocycles. The Morgan fingerprint density at radius 2 is 1.53 bits per heavy atom. The quantitative estimate of drug-likeness (QED) is 0.698. The third kappa shape index (κ3) is 3.29. The molecule has 0 spiro atoms. The van der Waals surface area contributed by atoms with E-state index in [1.54, 1.807) is 0 Å². The van der Waals surface area contributed by atoms with E-state index in [0.717, 1.165) is 10.8 Å². The van der Waals surface area contributed by atoms with Gasteiger partial charge in [-0.15, -0.1) is 11.8 Å². The van der Waals surface area contributed by atoms with Crippen molar-refractivity contribution in [1.82, 2.24) is 0 Å². The lowest BCUT2D eigenvalue weighted by Crippen LogP contribution is -1.79. The van der Waals surface area contributed by atoms with E-state index in [9.17, 15) is 0 Å². The molecule has 0 aliphatic carbocycles. The van der Waals surface area contributed by atoms with Gasteiger partial charge >= 0.3 is 0 Å². The summed E-state index contributed by atoms with van der Waals surface area (Å²) in [4.78, 5) is 1.30. The molecule has 0 heterocycles. The van der Waals surface area contributed by atoms with E-state index in [-0.39, 0.29) is 0 Å². The summed E-state index contributed by atoms with van der Waals surface area (Å²) in [5, 5.41) is 0.795.